The van der Waals surface area contributed by atoms with Gasteiger partial charge in [0.15, 0.2) is 11.5 Å². The van der Waals surface area contributed by atoms with Crippen molar-refractivity contribution in [1.29, 1.82) is 0 Å². The third-order valence-corrected chi connectivity index (χ3v) is 4.72. The number of hydrogen-bond acceptors (Lipinski definition) is 7. The van der Waals surface area contributed by atoms with Crippen molar-refractivity contribution in [2.45, 2.75) is 0 Å². The highest BCUT2D eigenvalue weighted by Gasteiger charge is 2.17. The first kappa shape index (κ1) is 18.6. The van der Waals surface area contributed by atoms with Gasteiger partial charge in [0.25, 0.3) is 5.56 Å². The molecule has 31 heavy (non-hydrogen) atoms. The first-order valence-corrected chi connectivity index (χ1v) is 9.36. The predicted octanol–water partition coefficient (Wildman–Crippen LogP) is 3.59. The number of aromatic nitrogens is 5. The second kappa shape index (κ2) is 7.45. The van der Waals surface area contributed by atoms with Gasteiger partial charge in [-0.2, -0.15) is 4.52 Å². The molecule has 0 saturated heterocycles. The number of nitrogens with one attached hydrogen (secondary N) is 1. The lowest BCUT2D eigenvalue weighted by Crippen LogP contribution is -2.11. The van der Waals surface area contributed by atoms with Crippen LogP contribution in [0.5, 0.6) is 5.75 Å². The normalized spacial score (nSPS) is 11.0. The van der Waals surface area contributed by atoms with Crippen molar-refractivity contribution in [2.75, 3.05) is 12.4 Å². The van der Waals surface area contributed by atoms with Crippen molar-refractivity contribution in [3.8, 4) is 17.1 Å². The summed E-state index contributed by atoms with van der Waals surface area (Å²) in [5.74, 6) is 0.321. The van der Waals surface area contributed by atoms with Crippen LogP contribution in [0, 0.1) is 5.82 Å². The summed E-state index contributed by atoms with van der Waals surface area (Å²) >= 11 is 0. The number of para-hydroxylation sites is 1. The van der Waals surface area contributed by atoms with Crippen LogP contribution < -0.4 is 15.6 Å². The number of hydrogen-bond donors (Lipinski definition) is 1. The topological polar surface area (TPSA) is 94.3 Å². The molecule has 0 bridgehead atoms. The van der Waals surface area contributed by atoms with Gasteiger partial charge in [-0.3, -0.25) is 4.79 Å². The van der Waals surface area contributed by atoms with Crippen molar-refractivity contribution in [1.82, 2.24) is 24.6 Å². The molecule has 1 N–H and O–H groups in total. The Labute approximate surface area is 175 Å². The zero-order chi connectivity index (χ0) is 21.4. The van der Waals surface area contributed by atoms with Crippen LogP contribution in [-0.2, 0) is 0 Å². The average molecular weight is 414 g/mol. The minimum Gasteiger partial charge on any atom is -0.497 e. The molecule has 152 valence electrons. The zero-order valence-electron chi connectivity index (χ0n) is 16.3. The summed E-state index contributed by atoms with van der Waals surface area (Å²) in [6.45, 7) is 0. The largest absolute Gasteiger partial charge is 0.497 e. The van der Waals surface area contributed by atoms with Crippen LogP contribution >= 0.6 is 0 Å². The van der Waals surface area contributed by atoms with Crippen molar-refractivity contribution < 1.29 is 9.13 Å². The number of rotatable bonds is 4. The van der Waals surface area contributed by atoms with E-state index in [4.69, 9.17) is 4.74 Å². The number of halogens is 1. The lowest BCUT2D eigenvalue weighted by molar-refractivity contribution is 0.411. The first-order valence-electron chi connectivity index (χ1n) is 9.36. The molecule has 0 radical (unpaired) electrons. The molecule has 0 saturated carbocycles. The van der Waals surface area contributed by atoms with Crippen molar-refractivity contribution >= 4 is 28.2 Å². The molecule has 3 heterocycles. The average Bonchev–Trinajstić information content (AvgIpc) is 3.13. The summed E-state index contributed by atoms with van der Waals surface area (Å²) in [5, 5.41) is 8.19. The summed E-state index contributed by atoms with van der Waals surface area (Å²) in [5.41, 5.74) is 1.11. The number of benzene rings is 2. The molecule has 0 aliphatic heterocycles. The molecule has 2 aromatic carbocycles. The number of ether oxygens (including phenoxy) is 1. The first-order chi connectivity index (χ1) is 15.1. The van der Waals surface area contributed by atoms with Crippen LogP contribution in [0.2, 0.25) is 0 Å². The Morgan fingerprint density at radius 1 is 1.03 bits per heavy atom. The fourth-order valence-electron chi connectivity index (χ4n) is 3.22. The van der Waals surface area contributed by atoms with E-state index in [-0.39, 0.29) is 23.0 Å². The van der Waals surface area contributed by atoms with E-state index in [0.717, 1.165) is 5.39 Å². The highest BCUT2D eigenvalue weighted by Crippen LogP contribution is 2.28. The highest BCUT2D eigenvalue weighted by molar-refractivity contribution is 5.93. The Hall–Kier alpha value is -4.40. The van der Waals surface area contributed by atoms with E-state index in [1.807, 2.05) is 24.3 Å². The van der Waals surface area contributed by atoms with E-state index in [1.54, 1.807) is 30.3 Å². The summed E-state index contributed by atoms with van der Waals surface area (Å²) < 4.78 is 21.2. The molecule has 0 spiro atoms. The summed E-state index contributed by atoms with van der Waals surface area (Å²) in [4.78, 5) is 25.2. The van der Waals surface area contributed by atoms with Crippen LogP contribution in [0.4, 0.5) is 16.0 Å². The second-order valence-corrected chi connectivity index (χ2v) is 6.64. The van der Waals surface area contributed by atoms with E-state index in [0.29, 0.717) is 16.9 Å². The molecule has 0 unspecified atom stereocenters. The van der Waals surface area contributed by atoms with Crippen molar-refractivity contribution in [3.63, 3.8) is 0 Å². The molecular formula is C22H15FN6O2. The monoisotopic (exact) mass is 414 g/mol. The molecule has 0 amide bonds. The lowest BCUT2D eigenvalue weighted by atomic mass is 10.2. The van der Waals surface area contributed by atoms with E-state index < -0.39 is 11.4 Å². The zero-order valence-corrected chi connectivity index (χ0v) is 16.3. The highest BCUT2D eigenvalue weighted by atomic mass is 19.1. The Morgan fingerprint density at radius 3 is 2.71 bits per heavy atom. The molecule has 5 aromatic rings. The number of fused-ring (bicyclic) bond motifs is 3. The van der Waals surface area contributed by atoms with E-state index in [2.05, 4.69) is 25.4 Å². The van der Waals surface area contributed by atoms with Gasteiger partial charge in [0, 0.05) is 17.6 Å². The minimum atomic E-state index is -0.511. The maximum absolute atomic E-state index is 14.7. The van der Waals surface area contributed by atoms with Crippen LogP contribution in [0.3, 0.4) is 0 Å². The Kier molecular flexibility index (Phi) is 4.47. The lowest BCUT2D eigenvalue weighted by Gasteiger charge is -2.07. The maximum Gasteiger partial charge on any atom is 0.293 e. The second-order valence-electron chi connectivity index (χ2n) is 6.64. The molecule has 0 fully saturated rings. The quantitative estimate of drug-likeness (QED) is 0.480. The van der Waals surface area contributed by atoms with E-state index in [1.165, 1.54) is 23.9 Å². The molecule has 3 aromatic heterocycles. The Bertz CT molecular complexity index is 1500. The van der Waals surface area contributed by atoms with Gasteiger partial charge in [-0.25, -0.2) is 19.3 Å². The van der Waals surface area contributed by atoms with Gasteiger partial charge in [0.05, 0.1) is 18.2 Å². The smallest absolute Gasteiger partial charge is 0.293 e. The summed E-state index contributed by atoms with van der Waals surface area (Å²) in [7, 11) is 1.47. The summed E-state index contributed by atoms with van der Waals surface area (Å²) in [6, 6.07) is 16.8. The SMILES string of the molecule is COc1ccc(-c2nc3c4ccccc4nc(Nc4ccccnc4=O)n3n2)c(F)c1. The molecule has 0 aliphatic carbocycles. The third-order valence-electron chi connectivity index (χ3n) is 4.72. The Balaban J connectivity index is 1.74. The molecular weight excluding hydrogens is 399 g/mol. The van der Waals surface area contributed by atoms with Crippen LogP contribution in [0.1, 0.15) is 0 Å². The third kappa shape index (κ3) is 3.31. The van der Waals surface area contributed by atoms with Crippen LogP contribution in [-0.4, -0.2) is 31.7 Å². The fourth-order valence-corrected chi connectivity index (χ4v) is 3.22. The Morgan fingerprint density at radius 2 is 1.87 bits per heavy atom. The molecule has 5 rings (SSSR count). The van der Waals surface area contributed by atoms with Gasteiger partial charge in [0.1, 0.15) is 17.3 Å². The van der Waals surface area contributed by atoms with Gasteiger partial charge in [0.2, 0.25) is 5.95 Å². The molecule has 8 nitrogen and oxygen atoms in total. The standard InChI is InChI=1S/C22H15FN6O2/c1-31-13-9-10-14(16(23)12-13)19-27-20-15-6-2-3-7-17(15)25-22(29(20)28-19)26-18-8-4-5-11-24-21(18)30/h2-12H,1H3,(H,24,25,26,30). The summed E-state index contributed by atoms with van der Waals surface area (Å²) in [6.07, 6.45) is 1.41. The van der Waals surface area contributed by atoms with Gasteiger partial charge >= 0.3 is 0 Å². The van der Waals surface area contributed by atoms with Gasteiger partial charge < -0.3 is 10.1 Å². The maximum atomic E-state index is 14.7. The number of methoxy groups -OCH3 is 1. The molecule has 0 aliphatic rings. The van der Waals surface area contributed by atoms with Gasteiger partial charge in [-0.15, -0.1) is 5.10 Å². The number of anilines is 2. The molecule has 9 heteroatoms. The fraction of sp³-hybridized carbons (Fsp3) is 0.0455. The van der Waals surface area contributed by atoms with E-state index >= 15 is 0 Å². The minimum absolute atomic E-state index is 0.181. The predicted molar refractivity (Wildman–Crippen MR) is 114 cm³/mol. The van der Waals surface area contributed by atoms with Crippen molar-refractivity contribution in [2.24, 2.45) is 0 Å². The number of nitrogens with zero attached hydrogens (tertiary/aromatic N) is 5. The van der Waals surface area contributed by atoms with E-state index in [9.17, 15) is 9.18 Å². The van der Waals surface area contributed by atoms with Crippen molar-refractivity contribution in [3.05, 3.63) is 83.0 Å². The van der Waals surface area contributed by atoms with Gasteiger partial charge in [-0.1, -0.05) is 18.2 Å². The van der Waals surface area contributed by atoms with Gasteiger partial charge in [-0.05, 0) is 36.4 Å². The van der Waals surface area contributed by atoms with Crippen LogP contribution in [0.15, 0.2) is 71.7 Å². The van der Waals surface area contributed by atoms with Crippen LogP contribution in [0.25, 0.3) is 27.9 Å². The molecule has 0 atom stereocenters.